The van der Waals surface area contributed by atoms with Crippen molar-refractivity contribution in [3.05, 3.63) is 42.2 Å². The lowest BCUT2D eigenvalue weighted by Crippen LogP contribution is -2.17. The fourth-order valence-electron chi connectivity index (χ4n) is 1.99. The molecule has 2 rings (SSSR count). The first-order chi connectivity index (χ1) is 10.7. The Morgan fingerprint density at radius 3 is 2.48 bits per heavy atom. The number of rotatable bonds is 4. The lowest BCUT2D eigenvalue weighted by Gasteiger charge is -2.09. The zero-order valence-electron chi connectivity index (χ0n) is 12.8. The summed E-state index contributed by atoms with van der Waals surface area (Å²) in [6.45, 7) is 1.35. The highest BCUT2D eigenvalue weighted by molar-refractivity contribution is 6.44. The Labute approximate surface area is 130 Å². The van der Waals surface area contributed by atoms with Crippen LogP contribution in [0.2, 0.25) is 0 Å². The van der Waals surface area contributed by atoms with Gasteiger partial charge in [-0.05, 0) is 19.1 Å². The number of halogens is 3. The van der Waals surface area contributed by atoms with Crippen molar-refractivity contribution >= 4 is 28.0 Å². The monoisotopic (exact) mass is 324 g/mol. The number of alkyl halides is 3. The average molecular weight is 324 g/mol. The first kappa shape index (κ1) is 16.8. The molecule has 0 spiro atoms. The minimum Gasteiger partial charge on any atom is -0.456 e. The molecule has 0 aliphatic heterocycles. The third kappa shape index (κ3) is 4.00. The van der Waals surface area contributed by atoms with E-state index >= 15 is 0 Å². The van der Waals surface area contributed by atoms with Crippen molar-refractivity contribution in [2.45, 2.75) is 13.1 Å². The van der Waals surface area contributed by atoms with E-state index in [1.54, 1.807) is 38.4 Å². The molecule has 0 fully saturated rings. The summed E-state index contributed by atoms with van der Waals surface area (Å²) in [6, 6.07) is 7.81. The second-order valence-electron chi connectivity index (χ2n) is 5.10. The van der Waals surface area contributed by atoms with E-state index in [4.69, 9.17) is 4.42 Å². The van der Waals surface area contributed by atoms with Gasteiger partial charge in [0.15, 0.2) is 0 Å². The molecule has 0 saturated heterocycles. The first-order valence-corrected chi connectivity index (χ1v) is 6.73. The summed E-state index contributed by atoms with van der Waals surface area (Å²) >= 11 is 0. The van der Waals surface area contributed by atoms with Gasteiger partial charge in [0, 0.05) is 25.6 Å². The number of carbonyl (C=O) groups is 1. The molecule has 0 aliphatic rings. The van der Waals surface area contributed by atoms with Crippen molar-refractivity contribution in [1.82, 2.24) is 5.01 Å². The second-order valence-corrected chi connectivity index (χ2v) is 5.10. The highest BCUT2D eigenvalue weighted by Crippen LogP contribution is 2.36. The number of hydrazone groups is 1. The summed E-state index contributed by atoms with van der Waals surface area (Å²) in [7, 11) is 3.15. The fourth-order valence-corrected chi connectivity index (χ4v) is 1.99. The van der Waals surface area contributed by atoms with Gasteiger partial charge in [-0.15, -0.1) is 0 Å². The van der Waals surface area contributed by atoms with Gasteiger partial charge in [0.2, 0.25) is 5.78 Å². The van der Waals surface area contributed by atoms with E-state index in [1.165, 1.54) is 18.0 Å². The van der Waals surface area contributed by atoms with Gasteiger partial charge in [-0.3, -0.25) is 4.79 Å². The van der Waals surface area contributed by atoms with E-state index in [2.05, 4.69) is 5.10 Å². The highest BCUT2D eigenvalue weighted by atomic mass is 19.4. The maximum Gasteiger partial charge on any atom is 0.420 e. The summed E-state index contributed by atoms with van der Waals surface area (Å²) in [6.07, 6.45) is -4.21. The summed E-state index contributed by atoms with van der Waals surface area (Å²) in [5.41, 5.74) is -0.858. The Morgan fingerprint density at radius 1 is 1.26 bits per heavy atom. The topological polar surface area (TPSA) is 45.8 Å². The van der Waals surface area contributed by atoms with Gasteiger partial charge >= 0.3 is 6.18 Å². The van der Waals surface area contributed by atoms with Crippen LogP contribution in [-0.4, -0.2) is 36.8 Å². The van der Waals surface area contributed by atoms with Crippen LogP contribution in [0.3, 0.4) is 0 Å². The van der Waals surface area contributed by atoms with Gasteiger partial charge in [0.05, 0.1) is 0 Å². The summed E-state index contributed by atoms with van der Waals surface area (Å²) < 4.78 is 45.1. The maximum atomic E-state index is 13.3. The van der Waals surface area contributed by atoms with Crippen molar-refractivity contribution < 1.29 is 22.4 Å². The Morgan fingerprint density at radius 2 is 1.91 bits per heavy atom. The molecule has 0 unspecified atom stereocenters. The highest BCUT2D eigenvalue weighted by Gasteiger charge is 2.37. The van der Waals surface area contributed by atoms with E-state index in [9.17, 15) is 18.0 Å². The molecule has 122 valence electrons. The van der Waals surface area contributed by atoms with Crippen molar-refractivity contribution in [2.24, 2.45) is 5.10 Å². The molecule has 0 amide bonds. The number of nitrogens with zero attached hydrogens (tertiary/aromatic N) is 2. The first-order valence-electron chi connectivity index (χ1n) is 6.73. The smallest absolute Gasteiger partial charge is 0.420 e. The van der Waals surface area contributed by atoms with Crippen molar-refractivity contribution in [2.75, 3.05) is 14.1 Å². The number of hydrogen-bond acceptors (Lipinski definition) is 4. The van der Waals surface area contributed by atoms with Crippen LogP contribution in [0.25, 0.3) is 16.5 Å². The third-order valence-electron chi connectivity index (χ3n) is 2.98. The number of ketones is 1. The number of fused-ring (bicyclic) bond motifs is 1. The largest absolute Gasteiger partial charge is 0.456 e. The summed E-state index contributed by atoms with van der Waals surface area (Å²) in [5.74, 6) is -1.23. The van der Waals surface area contributed by atoms with E-state index < -0.39 is 23.3 Å². The van der Waals surface area contributed by atoms with E-state index in [0.29, 0.717) is 17.0 Å². The van der Waals surface area contributed by atoms with Crippen LogP contribution in [0.5, 0.6) is 0 Å². The molecular weight excluding hydrogens is 309 g/mol. The molecule has 0 bridgehead atoms. The van der Waals surface area contributed by atoms with Gasteiger partial charge in [0.1, 0.15) is 22.6 Å². The molecular formula is C16H15F3N2O2. The van der Waals surface area contributed by atoms with Gasteiger partial charge in [-0.1, -0.05) is 18.2 Å². The summed E-state index contributed by atoms with van der Waals surface area (Å²) in [5, 5.41) is 5.68. The molecule has 23 heavy (non-hydrogen) atoms. The third-order valence-corrected chi connectivity index (χ3v) is 2.98. The van der Waals surface area contributed by atoms with Crippen LogP contribution in [0.1, 0.15) is 12.7 Å². The predicted octanol–water partition coefficient (Wildman–Crippen LogP) is 3.89. The van der Waals surface area contributed by atoms with Crippen molar-refractivity contribution in [3.8, 4) is 0 Å². The van der Waals surface area contributed by atoms with Gasteiger partial charge in [0.25, 0.3) is 0 Å². The Balaban J connectivity index is 2.49. The molecule has 0 saturated carbocycles. The van der Waals surface area contributed by atoms with Crippen LogP contribution in [0.4, 0.5) is 13.2 Å². The molecule has 2 aromatic rings. The number of allylic oxidation sites excluding steroid dienone is 2. The number of benzene rings is 1. The number of carbonyl (C=O) groups excluding carboxylic acids is 1. The lowest BCUT2D eigenvalue weighted by atomic mass is 10.1. The van der Waals surface area contributed by atoms with Crippen LogP contribution in [0, 0.1) is 0 Å². The predicted molar refractivity (Wildman–Crippen MR) is 82.0 cm³/mol. The zero-order valence-corrected chi connectivity index (χ0v) is 12.8. The lowest BCUT2D eigenvalue weighted by molar-refractivity contribution is -0.109. The normalized spacial score (nSPS) is 13.5. The molecule has 0 aliphatic carbocycles. The van der Waals surface area contributed by atoms with Gasteiger partial charge in [-0.2, -0.15) is 18.3 Å². The van der Waals surface area contributed by atoms with Crippen LogP contribution >= 0.6 is 0 Å². The van der Waals surface area contributed by atoms with Crippen molar-refractivity contribution in [3.63, 3.8) is 0 Å². The van der Waals surface area contributed by atoms with E-state index in [0.717, 1.165) is 0 Å². The molecule has 7 heteroatoms. The number of hydrogen-bond donors (Lipinski definition) is 0. The Hall–Kier alpha value is -2.57. The molecule has 1 aromatic heterocycles. The molecule has 1 aromatic carbocycles. The minimum absolute atomic E-state index is 0.0483. The zero-order chi connectivity index (χ0) is 17.2. The van der Waals surface area contributed by atoms with Crippen LogP contribution < -0.4 is 0 Å². The Kier molecular flexibility index (Phi) is 4.58. The number of furan rings is 1. The standard InChI is InChI=1S/C16H15F3N2O2/c1-10(20-21(2)3)13(22)9-12(16(17,18)19)15-8-11-6-4-5-7-14(11)23-15/h4-9H,1-3H3/b12-9+,20-10+. The molecule has 0 atom stereocenters. The van der Waals surface area contributed by atoms with Gasteiger partial charge in [-0.25, -0.2) is 0 Å². The SMILES string of the molecule is C/C(=N\N(C)C)C(=O)/C=C(\c1cc2ccccc2o1)C(F)(F)F. The minimum atomic E-state index is -4.72. The quantitative estimate of drug-likeness (QED) is 0.487. The molecule has 0 radical (unpaired) electrons. The van der Waals surface area contributed by atoms with Crippen LogP contribution in [-0.2, 0) is 4.79 Å². The molecule has 1 heterocycles. The van der Waals surface area contributed by atoms with Crippen molar-refractivity contribution in [1.29, 1.82) is 0 Å². The average Bonchev–Trinajstić information content (AvgIpc) is 2.85. The Bertz CT molecular complexity index is 753. The fraction of sp³-hybridized carbons (Fsp3) is 0.250. The van der Waals surface area contributed by atoms with E-state index in [-0.39, 0.29) is 5.71 Å². The van der Waals surface area contributed by atoms with Crippen LogP contribution in [0.15, 0.2) is 45.9 Å². The molecule has 0 N–H and O–H groups in total. The summed E-state index contributed by atoms with van der Waals surface area (Å²) in [4.78, 5) is 11.9. The molecule has 4 nitrogen and oxygen atoms in total. The van der Waals surface area contributed by atoms with Gasteiger partial charge < -0.3 is 9.43 Å². The van der Waals surface area contributed by atoms with E-state index in [1.807, 2.05) is 0 Å². The maximum absolute atomic E-state index is 13.3. The second kappa shape index (κ2) is 6.28. The number of para-hydroxylation sites is 1.